The fourth-order valence-corrected chi connectivity index (χ4v) is 3.15. The van der Waals surface area contributed by atoms with E-state index in [0.717, 1.165) is 35.1 Å². The summed E-state index contributed by atoms with van der Waals surface area (Å²) in [5.41, 5.74) is 2.09. The normalized spacial score (nSPS) is 20.8. The first-order valence-corrected chi connectivity index (χ1v) is 8.04. The van der Waals surface area contributed by atoms with E-state index >= 15 is 0 Å². The third-order valence-corrected chi connectivity index (χ3v) is 4.26. The van der Waals surface area contributed by atoms with E-state index in [1.807, 2.05) is 31.2 Å². The van der Waals surface area contributed by atoms with Gasteiger partial charge in [-0.15, -0.1) is 0 Å². The number of aryl methyl sites for hydroxylation is 2. The van der Waals surface area contributed by atoms with Crippen LogP contribution in [0, 0.1) is 6.92 Å². The highest BCUT2D eigenvalue weighted by Gasteiger charge is 2.33. The third kappa shape index (κ3) is 3.29. The van der Waals surface area contributed by atoms with Crippen LogP contribution in [0.5, 0.6) is 5.75 Å². The first kappa shape index (κ1) is 15.7. The van der Waals surface area contributed by atoms with Gasteiger partial charge in [-0.1, -0.05) is 19.1 Å². The predicted octanol–water partition coefficient (Wildman–Crippen LogP) is 2.67. The summed E-state index contributed by atoms with van der Waals surface area (Å²) < 4.78 is 5.33. The van der Waals surface area contributed by atoms with E-state index in [0.29, 0.717) is 13.0 Å². The van der Waals surface area contributed by atoms with Crippen LogP contribution < -0.4 is 9.64 Å². The van der Waals surface area contributed by atoms with Crippen molar-refractivity contribution in [1.82, 2.24) is 9.97 Å². The molecule has 0 amide bonds. The van der Waals surface area contributed by atoms with Crippen LogP contribution in [0.4, 0.5) is 5.82 Å². The molecule has 122 valence electrons. The van der Waals surface area contributed by atoms with Gasteiger partial charge in [-0.25, -0.2) is 9.97 Å². The van der Waals surface area contributed by atoms with E-state index in [1.165, 1.54) is 0 Å². The van der Waals surface area contributed by atoms with Gasteiger partial charge in [0.1, 0.15) is 17.4 Å². The zero-order valence-corrected chi connectivity index (χ0v) is 13.9. The van der Waals surface area contributed by atoms with E-state index in [4.69, 9.17) is 4.74 Å². The standard InChI is InChI=1S/C18H23N3O2/c1-4-17-19-12(2)8-18(20-17)21-11-14(22)10-16(21)13-6-5-7-15(9-13)23-3/h5-9,14,16,22H,4,10-11H2,1-3H3/t14-,16+/m1/s1. The van der Waals surface area contributed by atoms with E-state index in [1.54, 1.807) is 7.11 Å². The van der Waals surface area contributed by atoms with Crippen molar-refractivity contribution in [2.45, 2.75) is 38.8 Å². The highest BCUT2D eigenvalue weighted by atomic mass is 16.5. The lowest BCUT2D eigenvalue weighted by Gasteiger charge is -2.26. The maximum Gasteiger partial charge on any atom is 0.133 e. The molecule has 0 saturated carbocycles. The Labute approximate surface area is 137 Å². The Bertz CT molecular complexity index is 690. The molecule has 0 bridgehead atoms. The zero-order valence-electron chi connectivity index (χ0n) is 13.9. The molecule has 1 fully saturated rings. The summed E-state index contributed by atoms with van der Waals surface area (Å²) in [7, 11) is 1.67. The quantitative estimate of drug-likeness (QED) is 0.940. The number of aromatic nitrogens is 2. The lowest BCUT2D eigenvalue weighted by atomic mass is 10.0. The number of rotatable bonds is 4. The Kier molecular flexibility index (Phi) is 4.48. The SMILES string of the molecule is CCc1nc(C)cc(N2C[C@H](O)C[C@H]2c2cccc(OC)c2)n1. The van der Waals surface area contributed by atoms with Crippen LogP contribution in [0.2, 0.25) is 0 Å². The molecule has 1 aliphatic heterocycles. The lowest BCUT2D eigenvalue weighted by molar-refractivity contribution is 0.194. The Morgan fingerprint density at radius 1 is 1.30 bits per heavy atom. The molecule has 1 saturated heterocycles. The van der Waals surface area contributed by atoms with Crippen LogP contribution in [0.3, 0.4) is 0 Å². The van der Waals surface area contributed by atoms with E-state index in [2.05, 4.69) is 27.9 Å². The van der Waals surface area contributed by atoms with Crippen molar-refractivity contribution in [1.29, 1.82) is 0 Å². The number of hydrogen-bond donors (Lipinski definition) is 1. The fourth-order valence-electron chi connectivity index (χ4n) is 3.15. The molecule has 1 aliphatic rings. The number of hydrogen-bond acceptors (Lipinski definition) is 5. The molecule has 23 heavy (non-hydrogen) atoms. The van der Waals surface area contributed by atoms with E-state index in [-0.39, 0.29) is 12.1 Å². The highest BCUT2D eigenvalue weighted by molar-refractivity contribution is 5.46. The first-order valence-electron chi connectivity index (χ1n) is 8.04. The largest absolute Gasteiger partial charge is 0.497 e. The number of benzene rings is 1. The zero-order chi connectivity index (χ0) is 16.4. The molecule has 0 radical (unpaired) electrons. The van der Waals surface area contributed by atoms with Gasteiger partial charge in [-0.2, -0.15) is 0 Å². The molecular weight excluding hydrogens is 290 g/mol. The van der Waals surface area contributed by atoms with Crippen molar-refractivity contribution in [2.24, 2.45) is 0 Å². The van der Waals surface area contributed by atoms with Gasteiger partial charge in [0.05, 0.1) is 19.3 Å². The number of anilines is 1. The van der Waals surface area contributed by atoms with Crippen LogP contribution >= 0.6 is 0 Å². The van der Waals surface area contributed by atoms with Gasteiger partial charge in [0.15, 0.2) is 0 Å². The second kappa shape index (κ2) is 6.54. The van der Waals surface area contributed by atoms with Gasteiger partial charge in [-0.05, 0) is 31.0 Å². The van der Waals surface area contributed by atoms with Crippen LogP contribution in [-0.4, -0.2) is 34.8 Å². The second-order valence-electron chi connectivity index (χ2n) is 5.97. The molecule has 3 rings (SSSR count). The maximum atomic E-state index is 10.2. The molecular formula is C18H23N3O2. The number of ether oxygens (including phenoxy) is 1. The van der Waals surface area contributed by atoms with Crippen molar-refractivity contribution < 1.29 is 9.84 Å². The van der Waals surface area contributed by atoms with Crippen LogP contribution in [0.1, 0.15) is 36.5 Å². The Morgan fingerprint density at radius 3 is 2.87 bits per heavy atom. The Balaban J connectivity index is 1.98. The van der Waals surface area contributed by atoms with Crippen molar-refractivity contribution in [2.75, 3.05) is 18.6 Å². The molecule has 0 spiro atoms. The molecule has 1 aromatic heterocycles. The monoisotopic (exact) mass is 313 g/mol. The molecule has 0 unspecified atom stereocenters. The average Bonchev–Trinajstić information content (AvgIpc) is 2.96. The summed E-state index contributed by atoms with van der Waals surface area (Å²) in [5, 5.41) is 10.2. The summed E-state index contributed by atoms with van der Waals surface area (Å²) in [6, 6.07) is 10.1. The van der Waals surface area contributed by atoms with E-state index < -0.39 is 0 Å². The second-order valence-corrected chi connectivity index (χ2v) is 5.97. The molecule has 5 nitrogen and oxygen atoms in total. The minimum Gasteiger partial charge on any atom is -0.497 e. The van der Waals surface area contributed by atoms with Gasteiger partial charge in [0.25, 0.3) is 0 Å². The highest BCUT2D eigenvalue weighted by Crippen LogP contribution is 2.36. The van der Waals surface area contributed by atoms with Gasteiger partial charge in [0, 0.05) is 24.7 Å². The minimum absolute atomic E-state index is 0.0964. The summed E-state index contributed by atoms with van der Waals surface area (Å²) in [6.07, 6.45) is 1.14. The first-order chi connectivity index (χ1) is 11.1. The fraction of sp³-hybridized carbons (Fsp3) is 0.444. The van der Waals surface area contributed by atoms with Crippen LogP contribution in [-0.2, 0) is 6.42 Å². The smallest absolute Gasteiger partial charge is 0.133 e. The van der Waals surface area contributed by atoms with Crippen molar-refractivity contribution in [3.05, 3.63) is 47.4 Å². The molecule has 5 heteroatoms. The summed E-state index contributed by atoms with van der Waals surface area (Å²) in [5.74, 6) is 2.56. The predicted molar refractivity (Wildman–Crippen MR) is 89.9 cm³/mol. The van der Waals surface area contributed by atoms with E-state index in [9.17, 15) is 5.11 Å². The number of aliphatic hydroxyl groups is 1. The maximum absolute atomic E-state index is 10.2. The molecule has 2 heterocycles. The number of aliphatic hydroxyl groups excluding tert-OH is 1. The number of nitrogens with zero attached hydrogens (tertiary/aromatic N) is 3. The Hall–Kier alpha value is -2.14. The van der Waals surface area contributed by atoms with Crippen LogP contribution in [0.25, 0.3) is 0 Å². The van der Waals surface area contributed by atoms with Gasteiger partial charge < -0.3 is 14.7 Å². The third-order valence-electron chi connectivity index (χ3n) is 4.26. The van der Waals surface area contributed by atoms with Crippen molar-refractivity contribution >= 4 is 5.82 Å². The van der Waals surface area contributed by atoms with Gasteiger partial charge in [-0.3, -0.25) is 0 Å². The van der Waals surface area contributed by atoms with Crippen molar-refractivity contribution in [3.8, 4) is 5.75 Å². The van der Waals surface area contributed by atoms with Crippen molar-refractivity contribution in [3.63, 3.8) is 0 Å². The van der Waals surface area contributed by atoms with Gasteiger partial charge >= 0.3 is 0 Å². The summed E-state index contributed by atoms with van der Waals surface area (Å²) in [6.45, 7) is 4.62. The molecule has 1 N–H and O–H groups in total. The van der Waals surface area contributed by atoms with Gasteiger partial charge in [0.2, 0.25) is 0 Å². The minimum atomic E-state index is -0.355. The summed E-state index contributed by atoms with van der Waals surface area (Å²) >= 11 is 0. The summed E-state index contributed by atoms with van der Waals surface area (Å²) in [4.78, 5) is 11.3. The Morgan fingerprint density at radius 2 is 2.13 bits per heavy atom. The van der Waals surface area contributed by atoms with Crippen LogP contribution in [0.15, 0.2) is 30.3 Å². The number of methoxy groups -OCH3 is 1. The topological polar surface area (TPSA) is 58.5 Å². The molecule has 1 aromatic carbocycles. The lowest BCUT2D eigenvalue weighted by Crippen LogP contribution is -2.26. The molecule has 2 aromatic rings. The molecule has 2 atom stereocenters. The average molecular weight is 313 g/mol. The molecule has 0 aliphatic carbocycles. The number of β-amino-alcohol motifs (C(OH)–C–C–N with tert-alkyl or cyclic N) is 1.